The number of rotatable bonds is 7. The average molecular weight is 326 g/mol. The van der Waals surface area contributed by atoms with Gasteiger partial charge in [-0.3, -0.25) is 4.79 Å². The average Bonchev–Trinajstić information content (AvgIpc) is 3.08. The first kappa shape index (κ1) is 15.7. The Labute approximate surface area is 131 Å². The molecular formula is C13H18N4O2S2. The highest BCUT2D eigenvalue weighted by molar-refractivity contribution is 7.18. The summed E-state index contributed by atoms with van der Waals surface area (Å²) < 4.78 is 4.95. The summed E-state index contributed by atoms with van der Waals surface area (Å²) >= 11 is 2.89. The zero-order chi connectivity index (χ0) is 15.2. The van der Waals surface area contributed by atoms with Crippen molar-refractivity contribution >= 4 is 39.5 Å². The number of amides is 1. The number of thiophene rings is 1. The van der Waals surface area contributed by atoms with Gasteiger partial charge in [0, 0.05) is 25.6 Å². The first-order valence-corrected chi connectivity index (χ1v) is 8.08. The Kier molecular flexibility index (Phi) is 5.54. The molecule has 0 aliphatic rings. The third-order valence-electron chi connectivity index (χ3n) is 2.75. The van der Waals surface area contributed by atoms with E-state index in [4.69, 9.17) is 10.5 Å². The maximum atomic E-state index is 12.4. The number of carbonyl (C=O) groups excluding carboxylic acids is 1. The molecule has 2 aromatic heterocycles. The zero-order valence-electron chi connectivity index (χ0n) is 12.0. The van der Waals surface area contributed by atoms with Crippen LogP contribution in [0.2, 0.25) is 0 Å². The summed E-state index contributed by atoms with van der Waals surface area (Å²) in [5.41, 5.74) is 5.84. The van der Waals surface area contributed by atoms with Gasteiger partial charge in [0.15, 0.2) is 5.13 Å². The molecule has 0 unspecified atom stereocenters. The van der Waals surface area contributed by atoms with Crippen LogP contribution >= 0.6 is 22.7 Å². The van der Waals surface area contributed by atoms with Crippen molar-refractivity contribution < 1.29 is 9.53 Å². The smallest absolute Gasteiger partial charge is 0.267 e. The molecule has 0 atom stereocenters. The molecule has 8 heteroatoms. The Bertz CT molecular complexity index is 583. The molecule has 2 aromatic rings. The molecule has 0 aliphatic heterocycles. The Balaban J connectivity index is 2.01. The number of nitrogen functional groups attached to an aromatic ring is 1. The quantitative estimate of drug-likeness (QED) is 0.762. The van der Waals surface area contributed by atoms with Gasteiger partial charge in [-0.25, -0.2) is 4.98 Å². The molecule has 0 aromatic carbocycles. The van der Waals surface area contributed by atoms with Gasteiger partial charge < -0.3 is 20.7 Å². The number of aromatic nitrogens is 1. The van der Waals surface area contributed by atoms with E-state index in [9.17, 15) is 4.79 Å². The van der Waals surface area contributed by atoms with Crippen molar-refractivity contribution in [3.63, 3.8) is 0 Å². The minimum absolute atomic E-state index is 0.113. The van der Waals surface area contributed by atoms with E-state index >= 15 is 0 Å². The van der Waals surface area contributed by atoms with Crippen molar-refractivity contribution in [1.29, 1.82) is 0 Å². The second-order valence-corrected chi connectivity index (χ2v) is 6.42. The second-order valence-electron chi connectivity index (χ2n) is 4.39. The lowest BCUT2D eigenvalue weighted by Crippen LogP contribution is -2.25. The third kappa shape index (κ3) is 4.16. The summed E-state index contributed by atoms with van der Waals surface area (Å²) in [4.78, 5) is 19.8. The Morgan fingerprint density at radius 1 is 1.57 bits per heavy atom. The molecule has 0 radical (unpaired) electrons. The van der Waals surface area contributed by atoms with Gasteiger partial charge in [-0.2, -0.15) is 0 Å². The predicted octanol–water partition coefficient (Wildman–Crippen LogP) is 2.12. The van der Waals surface area contributed by atoms with E-state index in [-0.39, 0.29) is 11.7 Å². The maximum Gasteiger partial charge on any atom is 0.267 e. The van der Waals surface area contributed by atoms with E-state index in [2.05, 4.69) is 10.3 Å². The van der Waals surface area contributed by atoms with Crippen LogP contribution in [0.25, 0.3) is 0 Å². The minimum Gasteiger partial charge on any atom is -0.383 e. The predicted molar refractivity (Wildman–Crippen MR) is 87.0 cm³/mol. The Hall–Kier alpha value is -1.64. The Morgan fingerprint density at radius 3 is 3.05 bits per heavy atom. The first-order valence-electron chi connectivity index (χ1n) is 6.38. The minimum atomic E-state index is -0.113. The SMILES string of the molecule is COCCNc1nc(N)c(C(=O)N(C)Cc2cccs2)s1. The van der Waals surface area contributed by atoms with E-state index in [0.29, 0.717) is 29.7 Å². The third-order valence-corrected chi connectivity index (χ3v) is 4.63. The molecule has 0 spiro atoms. The van der Waals surface area contributed by atoms with Crippen LogP contribution in [0.3, 0.4) is 0 Å². The van der Waals surface area contributed by atoms with Crippen LogP contribution in [0.15, 0.2) is 17.5 Å². The number of nitrogens with two attached hydrogens (primary N) is 1. The van der Waals surface area contributed by atoms with Crippen LogP contribution in [0.1, 0.15) is 14.5 Å². The van der Waals surface area contributed by atoms with Crippen LogP contribution in [0, 0.1) is 0 Å². The normalized spacial score (nSPS) is 10.6. The first-order chi connectivity index (χ1) is 10.1. The number of nitrogens with zero attached hydrogens (tertiary/aromatic N) is 2. The number of carbonyl (C=O) groups is 1. The highest BCUT2D eigenvalue weighted by atomic mass is 32.1. The van der Waals surface area contributed by atoms with Crippen LogP contribution in [-0.4, -0.2) is 43.1 Å². The van der Waals surface area contributed by atoms with Crippen molar-refractivity contribution in [1.82, 2.24) is 9.88 Å². The van der Waals surface area contributed by atoms with Crippen molar-refractivity contribution in [2.24, 2.45) is 0 Å². The fourth-order valence-electron chi connectivity index (χ4n) is 1.70. The van der Waals surface area contributed by atoms with Crippen LogP contribution in [-0.2, 0) is 11.3 Å². The topological polar surface area (TPSA) is 80.5 Å². The van der Waals surface area contributed by atoms with Crippen LogP contribution in [0.4, 0.5) is 10.9 Å². The molecule has 21 heavy (non-hydrogen) atoms. The molecule has 1 amide bonds. The fourth-order valence-corrected chi connectivity index (χ4v) is 3.36. The van der Waals surface area contributed by atoms with Gasteiger partial charge in [-0.05, 0) is 11.4 Å². The number of nitrogens with one attached hydrogen (secondary N) is 1. The van der Waals surface area contributed by atoms with Gasteiger partial charge in [-0.15, -0.1) is 11.3 Å². The largest absolute Gasteiger partial charge is 0.383 e. The Morgan fingerprint density at radius 2 is 2.38 bits per heavy atom. The molecule has 2 rings (SSSR count). The van der Waals surface area contributed by atoms with Gasteiger partial charge in [0.05, 0.1) is 13.2 Å². The number of anilines is 2. The molecule has 0 bridgehead atoms. The van der Waals surface area contributed by atoms with Crippen molar-refractivity contribution in [2.45, 2.75) is 6.54 Å². The molecular weight excluding hydrogens is 308 g/mol. The monoisotopic (exact) mass is 326 g/mol. The van der Waals surface area contributed by atoms with Crippen LogP contribution in [0.5, 0.6) is 0 Å². The summed E-state index contributed by atoms with van der Waals surface area (Å²) in [5, 5.41) is 5.71. The van der Waals surface area contributed by atoms with Gasteiger partial charge in [0.2, 0.25) is 0 Å². The summed E-state index contributed by atoms with van der Waals surface area (Å²) in [6.07, 6.45) is 0. The molecule has 2 heterocycles. The molecule has 6 nitrogen and oxygen atoms in total. The van der Waals surface area contributed by atoms with E-state index < -0.39 is 0 Å². The molecule has 0 saturated carbocycles. The van der Waals surface area contributed by atoms with Gasteiger partial charge in [0.1, 0.15) is 10.7 Å². The molecule has 0 fully saturated rings. The van der Waals surface area contributed by atoms with Crippen molar-refractivity contribution in [3.8, 4) is 0 Å². The summed E-state index contributed by atoms with van der Waals surface area (Å²) in [6.45, 7) is 1.77. The molecule has 114 valence electrons. The lowest BCUT2D eigenvalue weighted by atomic mass is 10.4. The van der Waals surface area contributed by atoms with Gasteiger partial charge in [0.25, 0.3) is 5.91 Å². The number of thiazole rings is 1. The molecule has 3 N–H and O–H groups in total. The highest BCUT2D eigenvalue weighted by Crippen LogP contribution is 2.26. The lowest BCUT2D eigenvalue weighted by Gasteiger charge is -2.15. The molecule has 0 saturated heterocycles. The van der Waals surface area contributed by atoms with Gasteiger partial charge in [-0.1, -0.05) is 17.4 Å². The van der Waals surface area contributed by atoms with Crippen LogP contribution < -0.4 is 11.1 Å². The zero-order valence-corrected chi connectivity index (χ0v) is 13.6. The second kappa shape index (κ2) is 7.39. The van der Waals surface area contributed by atoms with E-state index in [1.54, 1.807) is 30.4 Å². The standard InChI is InChI=1S/C13H18N4O2S2/c1-17(8-9-4-3-7-20-9)12(18)10-11(14)16-13(21-10)15-5-6-19-2/h3-4,7H,5-6,8,14H2,1-2H3,(H,15,16). The number of ether oxygens (including phenoxy) is 1. The highest BCUT2D eigenvalue weighted by Gasteiger charge is 2.20. The summed E-state index contributed by atoms with van der Waals surface area (Å²) in [6, 6.07) is 3.97. The van der Waals surface area contributed by atoms with Crippen molar-refractivity contribution in [2.75, 3.05) is 38.4 Å². The lowest BCUT2D eigenvalue weighted by molar-refractivity contribution is 0.0792. The van der Waals surface area contributed by atoms with E-state index in [1.807, 2.05) is 17.5 Å². The maximum absolute atomic E-state index is 12.4. The fraction of sp³-hybridized carbons (Fsp3) is 0.385. The van der Waals surface area contributed by atoms with Gasteiger partial charge >= 0.3 is 0 Å². The van der Waals surface area contributed by atoms with E-state index in [1.165, 1.54) is 11.3 Å². The number of methoxy groups -OCH3 is 1. The number of hydrogen-bond donors (Lipinski definition) is 2. The molecule has 0 aliphatic carbocycles. The summed E-state index contributed by atoms with van der Waals surface area (Å²) in [5.74, 6) is 0.154. The summed E-state index contributed by atoms with van der Waals surface area (Å²) in [7, 11) is 3.39. The van der Waals surface area contributed by atoms with E-state index in [0.717, 1.165) is 4.88 Å². The number of hydrogen-bond acceptors (Lipinski definition) is 7. The van der Waals surface area contributed by atoms with Crippen molar-refractivity contribution in [3.05, 3.63) is 27.3 Å².